The van der Waals surface area contributed by atoms with Crippen LogP contribution in [0, 0.1) is 5.92 Å². The average molecular weight is 266 g/mol. The first-order valence-electron chi connectivity index (χ1n) is 7.12. The van der Waals surface area contributed by atoms with E-state index < -0.39 is 0 Å². The Morgan fingerprint density at radius 2 is 2.32 bits per heavy atom. The number of nitrogens with zero attached hydrogens (tertiary/aromatic N) is 3. The second-order valence-corrected chi connectivity index (χ2v) is 6.00. The summed E-state index contributed by atoms with van der Waals surface area (Å²) in [7, 11) is 4.26. The lowest BCUT2D eigenvalue weighted by Crippen LogP contribution is -2.31. The van der Waals surface area contributed by atoms with Crippen molar-refractivity contribution in [2.24, 2.45) is 5.92 Å². The van der Waals surface area contributed by atoms with Gasteiger partial charge in [0.15, 0.2) is 0 Å². The molecule has 19 heavy (non-hydrogen) atoms. The molecule has 1 atom stereocenters. The Kier molecular flexibility index (Phi) is 4.82. The number of anilines is 1. The van der Waals surface area contributed by atoms with Crippen molar-refractivity contribution in [3.05, 3.63) is 12.0 Å². The van der Waals surface area contributed by atoms with E-state index >= 15 is 0 Å². The van der Waals surface area contributed by atoms with E-state index in [-0.39, 0.29) is 0 Å². The highest BCUT2D eigenvalue weighted by Crippen LogP contribution is 2.21. The number of likely N-dealkylation sites (N-methyl/N-ethyl adjacent to an activating group) is 1. The van der Waals surface area contributed by atoms with Crippen LogP contribution in [0.25, 0.3) is 0 Å². The van der Waals surface area contributed by atoms with E-state index in [0.717, 1.165) is 37.9 Å². The largest absolute Gasteiger partial charge is 0.432 e. The zero-order valence-corrected chi connectivity index (χ0v) is 12.5. The summed E-state index contributed by atoms with van der Waals surface area (Å²) in [6.07, 6.45) is 2.95. The lowest BCUT2D eigenvalue weighted by molar-refractivity contribution is 0.315. The molecule has 2 heterocycles. The van der Waals surface area contributed by atoms with Gasteiger partial charge in [-0.15, -0.1) is 0 Å². The van der Waals surface area contributed by atoms with Crippen molar-refractivity contribution in [3.63, 3.8) is 0 Å². The summed E-state index contributed by atoms with van der Waals surface area (Å²) >= 11 is 0. The molecule has 0 bridgehead atoms. The number of rotatable bonds is 6. The molecular formula is C14H26N4O. The van der Waals surface area contributed by atoms with Crippen LogP contribution in [0.3, 0.4) is 0 Å². The summed E-state index contributed by atoms with van der Waals surface area (Å²) in [5.74, 6) is 0.658. The van der Waals surface area contributed by atoms with E-state index in [9.17, 15) is 0 Å². The fourth-order valence-electron chi connectivity index (χ4n) is 2.35. The third kappa shape index (κ3) is 3.94. The van der Waals surface area contributed by atoms with Crippen molar-refractivity contribution in [3.8, 4) is 0 Å². The highest BCUT2D eigenvalue weighted by atomic mass is 16.4. The third-order valence-electron chi connectivity index (χ3n) is 3.56. The summed E-state index contributed by atoms with van der Waals surface area (Å²) in [5.41, 5.74) is 0.990. The van der Waals surface area contributed by atoms with Crippen LogP contribution in [-0.2, 0) is 6.54 Å². The van der Waals surface area contributed by atoms with Crippen LogP contribution in [0.5, 0.6) is 0 Å². The normalized spacial score (nSPS) is 19.9. The van der Waals surface area contributed by atoms with Crippen LogP contribution >= 0.6 is 0 Å². The third-order valence-corrected chi connectivity index (χ3v) is 3.56. The van der Waals surface area contributed by atoms with Gasteiger partial charge in [0.05, 0.1) is 5.69 Å². The summed E-state index contributed by atoms with van der Waals surface area (Å²) in [6, 6.07) is 1.38. The number of hydrogen-bond donors (Lipinski definition) is 1. The summed E-state index contributed by atoms with van der Waals surface area (Å²) in [5, 5.41) is 3.38. The number of oxazole rings is 1. The van der Waals surface area contributed by atoms with E-state index in [2.05, 4.69) is 48.0 Å². The van der Waals surface area contributed by atoms with Gasteiger partial charge in [-0.05, 0) is 33.0 Å². The lowest BCUT2D eigenvalue weighted by atomic mass is 10.2. The van der Waals surface area contributed by atoms with Gasteiger partial charge in [0.1, 0.15) is 6.26 Å². The van der Waals surface area contributed by atoms with Crippen LogP contribution in [0.4, 0.5) is 6.01 Å². The van der Waals surface area contributed by atoms with Gasteiger partial charge >= 0.3 is 0 Å². The first-order chi connectivity index (χ1) is 9.06. The highest BCUT2D eigenvalue weighted by molar-refractivity contribution is 5.29. The standard InChI is InChI=1S/C14H26N4O/c1-11(2)7-15-8-12-10-19-14(16-12)18-6-5-13(9-18)17(3)4/h10-11,13,15H,5-9H2,1-4H3. The fraction of sp³-hybridized carbons (Fsp3) is 0.786. The van der Waals surface area contributed by atoms with E-state index in [1.807, 2.05) is 0 Å². The van der Waals surface area contributed by atoms with Crippen molar-refractivity contribution < 1.29 is 4.42 Å². The Bertz CT molecular complexity index is 389. The predicted octanol–water partition coefficient (Wildman–Crippen LogP) is 1.56. The van der Waals surface area contributed by atoms with E-state index in [0.29, 0.717) is 12.0 Å². The molecule has 1 unspecified atom stereocenters. The van der Waals surface area contributed by atoms with Crippen LogP contribution < -0.4 is 10.2 Å². The first-order valence-corrected chi connectivity index (χ1v) is 7.12. The second kappa shape index (κ2) is 6.39. The van der Waals surface area contributed by atoms with Gasteiger partial charge in [-0.25, -0.2) is 0 Å². The molecule has 1 aliphatic rings. The van der Waals surface area contributed by atoms with Gasteiger partial charge in [0.2, 0.25) is 0 Å². The topological polar surface area (TPSA) is 44.5 Å². The Hall–Kier alpha value is -1.07. The summed E-state index contributed by atoms with van der Waals surface area (Å²) in [4.78, 5) is 9.07. The maximum atomic E-state index is 5.59. The maximum Gasteiger partial charge on any atom is 0.297 e. The van der Waals surface area contributed by atoms with Gasteiger partial charge in [0, 0.05) is 25.7 Å². The van der Waals surface area contributed by atoms with Crippen molar-refractivity contribution in [1.29, 1.82) is 0 Å². The van der Waals surface area contributed by atoms with Crippen molar-refractivity contribution in [2.45, 2.75) is 32.9 Å². The van der Waals surface area contributed by atoms with Crippen LogP contribution in [0.2, 0.25) is 0 Å². The molecule has 1 fully saturated rings. The van der Waals surface area contributed by atoms with Gasteiger partial charge in [-0.1, -0.05) is 13.8 Å². The van der Waals surface area contributed by atoms with E-state index in [1.54, 1.807) is 6.26 Å². The minimum atomic E-state index is 0.606. The molecular weight excluding hydrogens is 240 g/mol. The predicted molar refractivity (Wildman–Crippen MR) is 77.4 cm³/mol. The zero-order valence-electron chi connectivity index (χ0n) is 12.5. The van der Waals surface area contributed by atoms with Gasteiger partial charge in [0.25, 0.3) is 6.01 Å². The molecule has 1 N–H and O–H groups in total. The molecule has 0 radical (unpaired) electrons. The molecule has 2 rings (SSSR count). The minimum Gasteiger partial charge on any atom is -0.432 e. The molecule has 108 valence electrons. The molecule has 0 amide bonds. The molecule has 0 aliphatic carbocycles. The number of hydrogen-bond acceptors (Lipinski definition) is 5. The maximum absolute atomic E-state index is 5.59. The van der Waals surface area contributed by atoms with Gasteiger partial charge < -0.3 is 19.5 Å². The Balaban J connectivity index is 1.84. The molecule has 5 heteroatoms. The molecule has 1 aromatic heterocycles. The monoisotopic (exact) mass is 266 g/mol. The molecule has 0 spiro atoms. The molecule has 0 aromatic carbocycles. The van der Waals surface area contributed by atoms with Crippen molar-refractivity contribution in [1.82, 2.24) is 15.2 Å². The average Bonchev–Trinajstić information content (AvgIpc) is 2.95. The molecule has 1 aromatic rings. The van der Waals surface area contributed by atoms with Crippen LogP contribution in [0.1, 0.15) is 26.0 Å². The second-order valence-electron chi connectivity index (χ2n) is 6.00. The smallest absolute Gasteiger partial charge is 0.297 e. The lowest BCUT2D eigenvalue weighted by Gasteiger charge is -2.19. The van der Waals surface area contributed by atoms with Gasteiger partial charge in [-0.2, -0.15) is 4.98 Å². The van der Waals surface area contributed by atoms with Crippen LogP contribution in [-0.4, -0.2) is 49.7 Å². The van der Waals surface area contributed by atoms with Crippen molar-refractivity contribution >= 4 is 6.01 Å². The molecule has 0 saturated carbocycles. The molecule has 1 aliphatic heterocycles. The number of aromatic nitrogens is 1. The number of nitrogens with one attached hydrogen (secondary N) is 1. The Morgan fingerprint density at radius 3 is 2.95 bits per heavy atom. The van der Waals surface area contributed by atoms with Crippen molar-refractivity contribution in [2.75, 3.05) is 38.6 Å². The minimum absolute atomic E-state index is 0.606. The quantitative estimate of drug-likeness (QED) is 0.846. The highest BCUT2D eigenvalue weighted by Gasteiger charge is 2.26. The van der Waals surface area contributed by atoms with Crippen LogP contribution in [0.15, 0.2) is 10.7 Å². The Morgan fingerprint density at radius 1 is 1.53 bits per heavy atom. The SMILES string of the molecule is CC(C)CNCc1coc(N2CCC(N(C)C)C2)n1. The summed E-state index contributed by atoms with van der Waals surface area (Å²) in [6.45, 7) is 8.23. The fourth-order valence-corrected chi connectivity index (χ4v) is 2.35. The van der Waals surface area contributed by atoms with Gasteiger partial charge in [-0.3, -0.25) is 0 Å². The van der Waals surface area contributed by atoms with E-state index in [1.165, 1.54) is 6.42 Å². The molecule has 5 nitrogen and oxygen atoms in total. The molecule has 1 saturated heterocycles. The first kappa shape index (κ1) is 14.3. The Labute approximate surface area is 116 Å². The zero-order chi connectivity index (χ0) is 13.8. The summed E-state index contributed by atoms with van der Waals surface area (Å²) < 4.78 is 5.59. The van der Waals surface area contributed by atoms with E-state index in [4.69, 9.17) is 4.42 Å².